The number of fused-ring (bicyclic) bond motifs is 3. The first-order chi connectivity index (χ1) is 27.4. The first-order valence-electron chi connectivity index (χ1n) is 18.7. The van der Waals surface area contributed by atoms with Crippen LogP contribution in [-0.4, -0.2) is 31.3 Å². The van der Waals surface area contributed by atoms with Gasteiger partial charge in [0.2, 0.25) is 0 Å². The largest absolute Gasteiger partial charge is 0.453 e. The second-order valence-electron chi connectivity index (χ2n) is 14.6. The maximum absolute atomic E-state index is 14.3. The number of aryl methyl sites for hydroxylation is 1. The Hall–Kier alpha value is -6.19. The van der Waals surface area contributed by atoms with Gasteiger partial charge in [0.15, 0.2) is 6.04 Å². The molecule has 0 saturated carbocycles. The lowest BCUT2D eigenvalue weighted by Gasteiger charge is -2.37. The smallest absolute Gasteiger partial charge is 0.416 e. The van der Waals surface area contributed by atoms with Crippen LogP contribution in [0.4, 0.5) is 18.0 Å². The third-order valence-electron chi connectivity index (χ3n) is 10.5. The number of hydrogen-bond donors (Lipinski definition) is 1. The van der Waals surface area contributed by atoms with E-state index in [0.717, 1.165) is 56.6 Å². The molecule has 1 atom stereocenters. The number of halogens is 3. The fourth-order valence-corrected chi connectivity index (χ4v) is 7.49. The number of amides is 1. The Labute approximate surface area is 330 Å². The minimum atomic E-state index is -4.53. The van der Waals surface area contributed by atoms with Crippen LogP contribution in [0.3, 0.4) is 0 Å². The molecule has 0 fully saturated rings. The zero-order valence-electron chi connectivity index (χ0n) is 31.8. The molecule has 6 nitrogen and oxygen atoms in total. The lowest BCUT2D eigenvalue weighted by Crippen LogP contribution is -2.49. The van der Waals surface area contributed by atoms with Gasteiger partial charge in [-0.3, -0.25) is 0 Å². The first kappa shape index (κ1) is 39.1. The van der Waals surface area contributed by atoms with Crippen molar-refractivity contribution >= 4 is 12.1 Å². The highest BCUT2D eigenvalue weighted by molar-refractivity contribution is 5.82. The molecule has 1 amide bonds. The Bertz CT molecular complexity index is 2240. The molecule has 6 aromatic carbocycles. The molecule has 0 saturated heterocycles. The number of carbonyl (C=O) groups is 2. The molecule has 57 heavy (non-hydrogen) atoms. The highest BCUT2D eigenvalue weighted by atomic mass is 19.4. The summed E-state index contributed by atoms with van der Waals surface area (Å²) in [5, 5.41) is 2.72. The topological polar surface area (TPSA) is 73.9 Å². The van der Waals surface area contributed by atoms with Gasteiger partial charge in [-0.15, -0.1) is 0 Å². The number of esters is 1. The van der Waals surface area contributed by atoms with Crippen molar-refractivity contribution < 1.29 is 37.0 Å². The van der Waals surface area contributed by atoms with Gasteiger partial charge in [0.25, 0.3) is 0 Å². The normalized spacial score (nSPS) is 13.3. The minimum absolute atomic E-state index is 0.000860. The molecule has 0 radical (unpaired) electrons. The summed E-state index contributed by atoms with van der Waals surface area (Å²) in [6.07, 6.45) is -5.40. The van der Waals surface area contributed by atoms with E-state index in [0.29, 0.717) is 5.56 Å². The Balaban J connectivity index is 1.21. The van der Waals surface area contributed by atoms with Crippen molar-refractivity contribution in [1.29, 1.82) is 0 Å². The number of rotatable bonds is 12. The lowest BCUT2D eigenvalue weighted by molar-refractivity contribution is -0.163. The van der Waals surface area contributed by atoms with Crippen molar-refractivity contribution in [3.8, 4) is 11.1 Å². The van der Waals surface area contributed by atoms with E-state index in [-0.39, 0.29) is 19.1 Å². The van der Waals surface area contributed by atoms with Gasteiger partial charge in [0.1, 0.15) is 17.8 Å². The van der Waals surface area contributed by atoms with E-state index >= 15 is 0 Å². The molecule has 0 heterocycles. The maximum Gasteiger partial charge on any atom is 0.416 e. The average Bonchev–Trinajstić information content (AvgIpc) is 3.54. The predicted molar refractivity (Wildman–Crippen MR) is 212 cm³/mol. The van der Waals surface area contributed by atoms with E-state index < -0.39 is 41.0 Å². The van der Waals surface area contributed by atoms with Crippen molar-refractivity contribution in [1.82, 2.24) is 5.32 Å². The van der Waals surface area contributed by atoms with Gasteiger partial charge >= 0.3 is 18.2 Å². The van der Waals surface area contributed by atoms with Crippen molar-refractivity contribution in [3.05, 3.63) is 202 Å². The molecule has 0 spiro atoms. The maximum atomic E-state index is 14.3. The SMILES string of the molecule is Cc1ccc(C(OC[C@H](NC(=O)OCC2c3ccccc3-c3ccccc32)C(=O)OC(C)(C)c2ccc(C(F)(F)F)cc2)(c2ccccc2)c2ccccc2)cc1. The van der Waals surface area contributed by atoms with Crippen LogP contribution >= 0.6 is 0 Å². The molecular weight excluding hydrogens is 728 g/mol. The summed E-state index contributed by atoms with van der Waals surface area (Å²) < 4.78 is 59.0. The van der Waals surface area contributed by atoms with E-state index in [1.54, 1.807) is 13.8 Å². The van der Waals surface area contributed by atoms with Crippen LogP contribution in [-0.2, 0) is 36.4 Å². The highest BCUT2D eigenvalue weighted by Gasteiger charge is 2.41. The van der Waals surface area contributed by atoms with E-state index in [9.17, 15) is 22.8 Å². The van der Waals surface area contributed by atoms with Crippen molar-refractivity contribution in [2.75, 3.05) is 13.2 Å². The quantitative estimate of drug-likeness (QED) is 0.0991. The summed E-state index contributed by atoms with van der Waals surface area (Å²) in [5.41, 5.74) is 4.41. The molecule has 0 unspecified atom stereocenters. The zero-order valence-corrected chi connectivity index (χ0v) is 31.8. The number of carbonyl (C=O) groups excluding carboxylic acids is 2. The van der Waals surface area contributed by atoms with Crippen LogP contribution in [0, 0.1) is 6.92 Å². The standard InChI is InChI=1S/C48H42F3NO5/c1-32-22-24-36(25-23-32)47(34-14-6-4-7-15-34,35-16-8-5-9-17-35)56-31-43(44(53)57-46(2,3)33-26-28-37(29-27-33)48(49,50)51)52-45(54)55-30-42-40-20-12-10-18-38(40)39-19-11-13-21-41(39)42/h4-29,42-43H,30-31H2,1-3H3,(H,52,54)/t43-/m0/s1. The summed E-state index contributed by atoms with van der Waals surface area (Å²) in [6.45, 7) is 4.76. The van der Waals surface area contributed by atoms with Crippen LogP contribution in [0.25, 0.3) is 11.1 Å². The Morgan fingerprint density at radius 1 is 0.614 bits per heavy atom. The summed E-state index contributed by atoms with van der Waals surface area (Å²) in [4.78, 5) is 28.1. The monoisotopic (exact) mass is 769 g/mol. The number of benzene rings is 6. The van der Waals surface area contributed by atoms with Gasteiger partial charge in [-0.2, -0.15) is 13.2 Å². The third kappa shape index (κ3) is 8.20. The number of hydrogen-bond acceptors (Lipinski definition) is 5. The summed E-state index contributed by atoms with van der Waals surface area (Å²) >= 11 is 0. The summed E-state index contributed by atoms with van der Waals surface area (Å²) in [5.74, 6) is -1.10. The van der Waals surface area contributed by atoms with Crippen LogP contribution in [0.5, 0.6) is 0 Å². The second kappa shape index (κ2) is 16.1. The van der Waals surface area contributed by atoms with Crippen LogP contribution < -0.4 is 5.32 Å². The molecule has 1 aliphatic carbocycles. The lowest BCUT2D eigenvalue weighted by atomic mass is 9.79. The number of nitrogens with one attached hydrogen (secondary N) is 1. The molecule has 290 valence electrons. The fourth-order valence-electron chi connectivity index (χ4n) is 7.49. The fraction of sp³-hybridized carbons (Fsp3) is 0.208. The van der Waals surface area contributed by atoms with Gasteiger partial charge in [-0.25, -0.2) is 9.59 Å². The Morgan fingerprint density at radius 3 is 1.60 bits per heavy atom. The first-order valence-corrected chi connectivity index (χ1v) is 18.7. The van der Waals surface area contributed by atoms with Gasteiger partial charge in [-0.05, 0) is 77.4 Å². The van der Waals surface area contributed by atoms with Gasteiger partial charge < -0.3 is 19.5 Å². The molecule has 1 aliphatic rings. The molecular formula is C48H42F3NO5. The van der Waals surface area contributed by atoms with E-state index in [4.69, 9.17) is 14.2 Å². The van der Waals surface area contributed by atoms with Crippen LogP contribution in [0.2, 0.25) is 0 Å². The Morgan fingerprint density at radius 2 is 1.07 bits per heavy atom. The van der Waals surface area contributed by atoms with E-state index in [2.05, 4.69) is 5.32 Å². The van der Waals surface area contributed by atoms with Gasteiger partial charge in [-0.1, -0.05) is 151 Å². The molecule has 7 rings (SSSR count). The molecule has 9 heteroatoms. The molecule has 0 aromatic heterocycles. The molecule has 1 N–H and O–H groups in total. The van der Waals surface area contributed by atoms with Gasteiger partial charge in [0, 0.05) is 5.92 Å². The highest BCUT2D eigenvalue weighted by Crippen LogP contribution is 2.45. The van der Waals surface area contributed by atoms with Crippen molar-refractivity contribution in [2.45, 2.75) is 50.1 Å². The number of ether oxygens (including phenoxy) is 3. The van der Waals surface area contributed by atoms with Crippen LogP contribution in [0.15, 0.2) is 158 Å². The van der Waals surface area contributed by atoms with Crippen molar-refractivity contribution in [2.24, 2.45) is 0 Å². The molecule has 0 aliphatic heterocycles. The molecule has 6 aromatic rings. The van der Waals surface area contributed by atoms with Crippen LogP contribution in [0.1, 0.15) is 64.3 Å². The zero-order chi connectivity index (χ0) is 40.2. The van der Waals surface area contributed by atoms with Crippen molar-refractivity contribution in [3.63, 3.8) is 0 Å². The summed E-state index contributed by atoms with van der Waals surface area (Å²) in [7, 11) is 0. The van der Waals surface area contributed by atoms with E-state index in [1.165, 1.54) is 12.1 Å². The minimum Gasteiger partial charge on any atom is -0.453 e. The predicted octanol–water partition coefficient (Wildman–Crippen LogP) is 10.7. The number of alkyl halides is 3. The second-order valence-corrected chi connectivity index (χ2v) is 14.6. The Kier molecular flexibility index (Phi) is 11.0. The third-order valence-corrected chi connectivity index (χ3v) is 10.5. The average molecular weight is 770 g/mol. The van der Waals surface area contributed by atoms with E-state index in [1.807, 2.05) is 140 Å². The molecule has 0 bridgehead atoms. The van der Waals surface area contributed by atoms with Gasteiger partial charge in [0.05, 0.1) is 12.2 Å². The summed E-state index contributed by atoms with van der Waals surface area (Å²) in [6, 6.07) is 46.0. The number of alkyl carbamates (subject to hydrolysis) is 1.